The molecule has 0 rings (SSSR count). The summed E-state index contributed by atoms with van der Waals surface area (Å²) in [7, 11) is -9.09. The molecule has 0 amide bonds. The molecule has 0 aliphatic rings. The molecule has 0 aromatic rings. The molecule has 0 atom stereocenters. The van der Waals surface area contributed by atoms with Gasteiger partial charge in [-0.3, -0.25) is 9.13 Å². The lowest BCUT2D eigenvalue weighted by atomic mass is 9.86. The van der Waals surface area contributed by atoms with Crippen LogP contribution in [-0.4, -0.2) is 30.9 Å². The van der Waals surface area contributed by atoms with Gasteiger partial charge < -0.3 is 19.6 Å². The maximum absolute atomic E-state index is 11.6. The van der Waals surface area contributed by atoms with Gasteiger partial charge in [-0.05, 0) is 11.8 Å². The molecule has 0 fully saturated rings. The van der Waals surface area contributed by atoms with E-state index in [1.165, 1.54) is 0 Å². The van der Waals surface area contributed by atoms with E-state index in [0.717, 1.165) is 0 Å². The summed E-state index contributed by atoms with van der Waals surface area (Å²) in [6, 6.07) is 0. The highest BCUT2D eigenvalue weighted by molar-refractivity contribution is 7.57. The molecule has 0 bridgehead atoms. The molecule has 0 aliphatic carbocycles. The van der Waals surface area contributed by atoms with Crippen molar-refractivity contribution in [3.63, 3.8) is 0 Å². The summed E-state index contributed by atoms with van der Waals surface area (Å²) >= 11 is 0. The minimum atomic E-state index is -4.61. The number of hydrogen-bond acceptors (Lipinski definition) is 2. The Hall–Kier alpha value is 0.300. The average molecular weight is 274 g/mol. The van der Waals surface area contributed by atoms with Gasteiger partial charge in [-0.1, -0.05) is 27.7 Å². The molecule has 0 aliphatic heterocycles. The molecule has 16 heavy (non-hydrogen) atoms. The molecule has 0 spiro atoms. The second-order valence-electron chi connectivity index (χ2n) is 4.67. The van der Waals surface area contributed by atoms with Crippen molar-refractivity contribution in [1.29, 1.82) is 0 Å². The predicted molar refractivity (Wildman–Crippen MR) is 61.4 cm³/mol. The smallest absolute Gasteiger partial charge is 0.324 e. The van der Waals surface area contributed by atoms with Crippen LogP contribution in [0, 0.1) is 11.8 Å². The lowest BCUT2D eigenvalue weighted by Crippen LogP contribution is -2.44. The van der Waals surface area contributed by atoms with E-state index in [1.54, 1.807) is 27.7 Å². The van der Waals surface area contributed by atoms with Gasteiger partial charge in [0.05, 0.1) is 11.3 Å². The monoisotopic (exact) mass is 274 g/mol. The van der Waals surface area contributed by atoms with E-state index >= 15 is 0 Å². The number of hydrogen-bond donors (Lipinski definition) is 4. The Morgan fingerprint density at radius 3 is 1.31 bits per heavy atom. The molecular weight excluding hydrogens is 254 g/mol. The van der Waals surface area contributed by atoms with Crippen LogP contribution in [0.2, 0.25) is 0 Å². The van der Waals surface area contributed by atoms with Gasteiger partial charge in [0, 0.05) is 0 Å². The summed E-state index contributed by atoms with van der Waals surface area (Å²) in [6.07, 6.45) is -0.792. The molecule has 98 valence electrons. The van der Waals surface area contributed by atoms with Gasteiger partial charge in [0.1, 0.15) is 0 Å². The third-order valence-corrected chi connectivity index (χ3v) is 6.46. The Labute approximate surface area is 95.4 Å². The highest BCUT2D eigenvalue weighted by Crippen LogP contribution is 2.63. The first-order valence-electron chi connectivity index (χ1n) is 4.95. The zero-order valence-corrected chi connectivity index (χ0v) is 11.7. The van der Waals surface area contributed by atoms with Crippen LogP contribution < -0.4 is 0 Å². The van der Waals surface area contributed by atoms with Gasteiger partial charge in [-0.2, -0.15) is 0 Å². The van der Waals surface area contributed by atoms with E-state index < -0.39 is 38.3 Å². The lowest BCUT2D eigenvalue weighted by Gasteiger charge is -2.41. The molecule has 8 heteroatoms. The third kappa shape index (κ3) is 3.39. The minimum absolute atomic E-state index is 0.527. The summed E-state index contributed by atoms with van der Waals surface area (Å²) in [4.78, 5) is 36.8. The van der Waals surface area contributed by atoms with Crippen LogP contribution in [0.25, 0.3) is 0 Å². The van der Waals surface area contributed by atoms with Crippen molar-refractivity contribution >= 4 is 15.2 Å². The van der Waals surface area contributed by atoms with Crippen LogP contribution >= 0.6 is 15.2 Å². The largest absolute Gasteiger partial charge is 0.332 e. The van der Waals surface area contributed by atoms with Crippen molar-refractivity contribution in [2.24, 2.45) is 11.8 Å². The maximum atomic E-state index is 11.6. The molecular formula is C8H20O6P2. The first kappa shape index (κ1) is 16.3. The van der Waals surface area contributed by atoms with Crippen molar-refractivity contribution in [2.75, 3.05) is 6.16 Å². The maximum Gasteiger partial charge on any atom is 0.332 e. The van der Waals surface area contributed by atoms with Crippen molar-refractivity contribution in [1.82, 2.24) is 0 Å². The lowest BCUT2D eigenvalue weighted by molar-refractivity contribution is 0.242. The van der Waals surface area contributed by atoms with Crippen molar-refractivity contribution < 1.29 is 28.7 Å². The predicted octanol–water partition coefficient (Wildman–Crippen LogP) is 1.39. The van der Waals surface area contributed by atoms with Crippen LogP contribution in [0.4, 0.5) is 0 Å². The number of rotatable bonds is 5. The van der Waals surface area contributed by atoms with Crippen LogP contribution in [0.5, 0.6) is 0 Å². The second-order valence-corrected chi connectivity index (χ2v) is 8.23. The van der Waals surface area contributed by atoms with Crippen molar-refractivity contribution in [3.8, 4) is 0 Å². The molecule has 0 unspecified atom stereocenters. The highest BCUT2D eigenvalue weighted by Gasteiger charge is 2.54. The van der Waals surface area contributed by atoms with Crippen LogP contribution in [0.1, 0.15) is 27.7 Å². The molecule has 0 saturated heterocycles. The molecule has 0 aromatic heterocycles. The summed E-state index contributed by atoms with van der Waals surface area (Å²) in [5, 5.41) is -1.67. The van der Waals surface area contributed by atoms with Gasteiger partial charge in [0.15, 0.2) is 0 Å². The van der Waals surface area contributed by atoms with Gasteiger partial charge >= 0.3 is 15.2 Å². The van der Waals surface area contributed by atoms with E-state index in [1.807, 2.05) is 0 Å². The zero-order valence-electron chi connectivity index (χ0n) is 9.86. The summed E-state index contributed by atoms with van der Waals surface area (Å²) in [5.74, 6) is -1.05. The highest BCUT2D eigenvalue weighted by atomic mass is 31.2. The summed E-state index contributed by atoms with van der Waals surface area (Å²) < 4.78 is 22.6. The standard InChI is InChI=1S/C8H20O6P2/c1-6(2)8(7(3)4,16(12,13)14)5-15(9,10)11/h6-7H,5H2,1-4H3,(H2,9,10,11)(H2,12,13,14). The van der Waals surface area contributed by atoms with Gasteiger partial charge in [-0.25, -0.2) is 0 Å². The van der Waals surface area contributed by atoms with Gasteiger partial charge in [-0.15, -0.1) is 0 Å². The normalized spacial score (nSPS) is 14.9. The molecule has 0 heterocycles. The summed E-state index contributed by atoms with van der Waals surface area (Å²) in [5.41, 5.74) is 0. The van der Waals surface area contributed by atoms with Crippen LogP contribution in [0.3, 0.4) is 0 Å². The molecule has 0 radical (unpaired) electrons. The quantitative estimate of drug-likeness (QED) is 0.563. The third-order valence-electron chi connectivity index (χ3n) is 3.00. The first-order chi connectivity index (χ1) is 6.84. The Balaban J connectivity index is 5.66. The average Bonchev–Trinajstić information content (AvgIpc) is 1.94. The molecule has 0 saturated carbocycles. The van der Waals surface area contributed by atoms with Crippen LogP contribution in [-0.2, 0) is 9.13 Å². The zero-order chi connectivity index (χ0) is 13.4. The fraction of sp³-hybridized carbons (Fsp3) is 1.00. The first-order valence-corrected chi connectivity index (χ1v) is 8.36. The second kappa shape index (κ2) is 4.89. The Morgan fingerprint density at radius 1 is 0.938 bits per heavy atom. The van der Waals surface area contributed by atoms with Crippen molar-refractivity contribution in [3.05, 3.63) is 0 Å². The molecule has 6 nitrogen and oxygen atoms in total. The minimum Gasteiger partial charge on any atom is -0.324 e. The topological polar surface area (TPSA) is 115 Å². The molecule has 4 N–H and O–H groups in total. The fourth-order valence-corrected chi connectivity index (χ4v) is 6.15. The SMILES string of the molecule is CC(C)C(CP(=O)(O)O)(C(C)C)P(=O)(O)O. The van der Waals surface area contributed by atoms with E-state index in [4.69, 9.17) is 9.79 Å². The van der Waals surface area contributed by atoms with E-state index in [9.17, 15) is 18.9 Å². The van der Waals surface area contributed by atoms with E-state index in [2.05, 4.69) is 0 Å². The Kier molecular flexibility index (Phi) is 4.98. The molecule has 0 aromatic carbocycles. The van der Waals surface area contributed by atoms with Gasteiger partial charge in [0.25, 0.3) is 0 Å². The van der Waals surface area contributed by atoms with Gasteiger partial charge in [0.2, 0.25) is 0 Å². The van der Waals surface area contributed by atoms with E-state index in [-0.39, 0.29) is 0 Å². The Bertz CT molecular complexity index is 317. The summed E-state index contributed by atoms with van der Waals surface area (Å²) in [6.45, 7) is 6.26. The van der Waals surface area contributed by atoms with Crippen LogP contribution in [0.15, 0.2) is 0 Å². The Morgan fingerprint density at radius 2 is 1.25 bits per heavy atom. The fourth-order valence-electron chi connectivity index (χ4n) is 2.13. The van der Waals surface area contributed by atoms with E-state index in [0.29, 0.717) is 0 Å². The van der Waals surface area contributed by atoms with Crippen molar-refractivity contribution in [2.45, 2.75) is 32.9 Å².